The summed E-state index contributed by atoms with van der Waals surface area (Å²) in [6, 6.07) is 17.1. The largest absolute Gasteiger partial charge is 0.402 e. The van der Waals surface area contributed by atoms with Gasteiger partial charge in [0.2, 0.25) is 5.90 Å². The van der Waals surface area contributed by atoms with Crippen molar-refractivity contribution < 1.29 is 9.53 Å². The molecular weight excluding hydrogens is 302 g/mol. The maximum Gasteiger partial charge on any atom is 0.363 e. The third-order valence-electron chi connectivity index (χ3n) is 3.64. The number of hydrogen-bond donors (Lipinski definition) is 0. The van der Waals surface area contributed by atoms with Gasteiger partial charge in [-0.05, 0) is 35.9 Å². The molecule has 0 atom stereocenters. The lowest BCUT2D eigenvalue weighted by Crippen LogP contribution is -2.04. The number of imidazole rings is 1. The predicted octanol–water partition coefficient (Wildman–Crippen LogP) is 3.22. The van der Waals surface area contributed by atoms with Crippen molar-refractivity contribution in [2.45, 2.75) is 0 Å². The van der Waals surface area contributed by atoms with Gasteiger partial charge in [0.05, 0.1) is 6.33 Å². The zero-order valence-corrected chi connectivity index (χ0v) is 12.7. The summed E-state index contributed by atoms with van der Waals surface area (Å²) in [4.78, 5) is 20.3. The van der Waals surface area contributed by atoms with Crippen LogP contribution in [0.3, 0.4) is 0 Å². The van der Waals surface area contributed by atoms with Crippen LogP contribution in [-0.2, 0) is 9.53 Å². The van der Waals surface area contributed by atoms with Gasteiger partial charge in [-0.25, -0.2) is 14.8 Å². The standard InChI is InChI=1S/C19H13N3O2/c23-19-17(21-18(24-19)15-4-2-1-3-5-15)12-14-6-8-16(9-7-14)22-11-10-20-13-22/h1-13H/b17-12-. The normalized spacial score (nSPS) is 15.4. The Morgan fingerprint density at radius 3 is 2.50 bits per heavy atom. The molecule has 2 aromatic carbocycles. The molecule has 0 saturated heterocycles. The van der Waals surface area contributed by atoms with E-state index >= 15 is 0 Å². The molecule has 0 saturated carbocycles. The van der Waals surface area contributed by atoms with Gasteiger partial charge in [0.15, 0.2) is 5.70 Å². The Bertz CT molecular complexity index is 925. The molecule has 1 aliphatic rings. The summed E-state index contributed by atoms with van der Waals surface area (Å²) in [5, 5.41) is 0. The number of nitrogens with zero attached hydrogens (tertiary/aromatic N) is 3. The fourth-order valence-corrected chi connectivity index (χ4v) is 2.43. The van der Waals surface area contributed by atoms with Crippen molar-refractivity contribution in [1.29, 1.82) is 0 Å². The molecule has 0 aliphatic carbocycles. The summed E-state index contributed by atoms with van der Waals surface area (Å²) in [6.45, 7) is 0. The van der Waals surface area contributed by atoms with Crippen LogP contribution in [0, 0.1) is 0 Å². The molecule has 2 heterocycles. The summed E-state index contributed by atoms with van der Waals surface area (Å²) in [7, 11) is 0. The number of esters is 1. The van der Waals surface area contributed by atoms with Gasteiger partial charge in [-0.3, -0.25) is 0 Å². The maximum atomic E-state index is 12.0. The van der Waals surface area contributed by atoms with Crippen molar-refractivity contribution in [2.24, 2.45) is 4.99 Å². The van der Waals surface area contributed by atoms with E-state index in [0.717, 1.165) is 16.8 Å². The van der Waals surface area contributed by atoms with E-state index < -0.39 is 5.97 Å². The Kier molecular flexibility index (Phi) is 3.51. The van der Waals surface area contributed by atoms with Crippen molar-refractivity contribution in [1.82, 2.24) is 9.55 Å². The second kappa shape index (κ2) is 5.96. The first kappa shape index (κ1) is 14.1. The molecule has 116 valence electrons. The van der Waals surface area contributed by atoms with Gasteiger partial charge in [-0.15, -0.1) is 0 Å². The average molecular weight is 315 g/mol. The van der Waals surface area contributed by atoms with Crippen LogP contribution in [0.15, 0.2) is 84.0 Å². The van der Waals surface area contributed by atoms with Gasteiger partial charge in [-0.1, -0.05) is 30.3 Å². The minimum atomic E-state index is -0.437. The van der Waals surface area contributed by atoms with E-state index in [2.05, 4.69) is 9.98 Å². The zero-order valence-electron chi connectivity index (χ0n) is 12.7. The van der Waals surface area contributed by atoms with E-state index in [-0.39, 0.29) is 0 Å². The van der Waals surface area contributed by atoms with Crippen molar-refractivity contribution in [3.63, 3.8) is 0 Å². The number of benzene rings is 2. The Morgan fingerprint density at radius 2 is 1.79 bits per heavy atom. The maximum absolute atomic E-state index is 12.0. The van der Waals surface area contributed by atoms with Crippen LogP contribution >= 0.6 is 0 Å². The number of aromatic nitrogens is 2. The van der Waals surface area contributed by atoms with Crippen LogP contribution in [0.1, 0.15) is 11.1 Å². The van der Waals surface area contributed by atoms with E-state index in [1.54, 1.807) is 18.6 Å². The third-order valence-corrected chi connectivity index (χ3v) is 3.64. The molecule has 0 bridgehead atoms. The van der Waals surface area contributed by atoms with Crippen molar-refractivity contribution >= 4 is 17.9 Å². The van der Waals surface area contributed by atoms with Crippen LogP contribution in [-0.4, -0.2) is 21.4 Å². The molecule has 1 aromatic heterocycles. The number of carbonyl (C=O) groups excluding carboxylic acids is 1. The van der Waals surface area contributed by atoms with Crippen LogP contribution in [0.2, 0.25) is 0 Å². The van der Waals surface area contributed by atoms with Crippen LogP contribution in [0.5, 0.6) is 0 Å². The molecule has 0 radical (unpaired) electrons. The minimum absolute atomic E-state index is 0.296. The van der Waals surface area contributed by atoms with Crippen LogP contribution in [0.25, 0.3) is 11.8 Å². The van der Waals surface area contributed by atoms with Gasteiger partial charge in [0.25, 0.3) is 0 Å². The number of rotatable bonds is 3. The number of aliphatic imine (C=N–C) groups is 1. The van der Waals surface area contributed by atoms with Crippen molar-refractivity contribution in [3.05, 3.63) is 90.1 Å². The van der Waals surface area contributed by atoms with Gasteiger partial charge >= 0.3 is 5.97 Å². The topological polar surface area (TPSA) is 56.5 Å². The first-order chi connectivity index (χ1) is 11.8. The van der Waals surface area contributed by atoms with E-state index in [0.29, 0.717) is 11.6 Å². The molecule has 0 N–H and O–H groups in total. The number of carbonyl (C=O) groups is 1. The van der Waals surface area contributed by atoms with Gasteiger partial charge in [0.1, 0.15) is 0 Å². The highest BCUT2D eigenvalue weighted by molar-refractivity contribution is 6.12. The van der Waals surface area contributed by atoms with E-state index in [1.807, 2.05) is 65.4 Å². The number of hydrogen-bond acceptors (Lipinski definition) is 4. The van der Waals surface area contributed by atoms with Crippen molar-refractivity contribution in [3.8, 4) is 5.69 Å². The molecule has 24 heavy (non-hydrogen) atoms. The lowest BCUT2D eigenvalue weighted by atomic mass is 10.1. The molecule has 4 rings (SSSR count). The summed E-state index contributed by atoms with van der Waals surface area (Å²) in [5.41, 5.74) is 2.95. The first-order valence-corrected chi connectivity index (χ1v) is 7.46. The summed E-state index contributed by atoms with van der Waals surface area (Å²) >= 11 is 0. The second-order valence-electron chi connectivity index (χ2n) is 5.26. The molecule has 5 heteroatoms. The lowest BCUT2D eigenvalue weighted by Gasteiger charge is -2.02. The summed E-state index contributed by atoms with van der Waals surface area (Å²) < 4.78 is 7.15. The Balaban J connectivity index is 1.61. The molecule has 0 unspecified atom stereocenters. The summed E-state index contributed by atoms with van der Waals surface area (Å²) in [6.07, 6.45) is 7.05. The van der Waals surface area contributed by atoms with E-state index in [4.69, 9.17) is 4.74 Å². The smallest absolute Gasteiger partial charge is 0.363 e. The van der Waals surface area contributed by atoms with Crippen molar-refractivity contribution in [2.75, 3.05) is 0 Å². The zero-order chi connectivity index (χ0) is 16.4. The fraction of sp³-hybridized carbons (Fsp3) is 0. The highest BCUT2D eigenvalue weighted by Crippen LogP contribution is 2.19. The third kappa shape index (κ3) is 2.75. The summed E-state index contributed by atoms with van der Waals surface area (Å²) in [5.74, 6) is -0.102. The molecule has 3 aromatic rings. The van der Waals surface area contributed by atoms with Gasteiger partial charge in [0, 0.05) is 23.6 Å². The van der Waals surface area contributed by atoms with Gasteiger partial charge < -0.3 is 9.30 Å². The van der Waals surface area contributed by atoms with Crippen LogP contribution in [0.4, 0.5) is 0 Å². The lowest BCUT2D eigenvalue weighted by molar-refractivity contribution is -0.129. The highest BCUT2D eigenvalue weighted by atomic mass is 16.6. The molecule has 5 nitrogen and oxygen atoms in total. The first-order valence-electron chi connectivity index (χ1n) is 7.46. The fourth-order valence-electron chi connectivity index (χ4n) is 2.43. The monoisotopic (exact) mass is 315 g/mol. The molecule has 0 fully saturated rings. The second-order valence-corrected chi connectivity index (χ2v) is 5.26. The number of ether oxygens (including phenoxy) is 1. The van der Waals surface area contributed by atoms with Crippen LogP contribution < -0.4 is 0 Å². The Labute approximate surface area is 138 Å². The van der Waals surface area contributed by atoms with Gasteiger partial charge in [-0.2, -0.15) is 0 Å². The van der Waals surface area contributed by atoms with E-state index in [9.17, 15) is 4.79 Å². The minimum Gasteiger partial charge on any atom is -0.402 e. The Hall–Kier alpha value is -3.47. The predicted molar refractivity (Wildman–Crippen MR) is 90.6 cm³/mol. The SMILES string of the molecule is O=C1OC(c2ccccc2)=N/C1=C\c1ccc(-n2ccnc2)cc1. The molecule has 1 aliphatic heterocycles. The molecule has 0 amide bonds. The number of cyclic esters (lactones) is 1. The highest BCUT2D eigenvalue weighted by Gasteiger charge is 2.23. The average Bonchev–Trinajstić information content (AvgIpc) is 3.27. The quantitative estimate of drug-likeness (QED) is 0.551. The van der Waals surface area contributed by atoms with E-state index in [1.165, 1.54) is 0 Å². The Morgan fingerprint density at radius 1 is 1.00 bits per heavy atom. The molecular formula is C19H13N3O2. The molecule has 0 spiro atoms.